The van der Waals surface area contributed by atoms with Crippen molar-refractivity contribution in [3.05, 3.63) is 18.0 Å². The maximum Gasteiger partial charge on any atom is 0.140 e. The molecule has 0 aliphatic heterocycles. The molecule has 1 heterocycles. The highest BCUT2D eigenvalue weighted by Crippen LogP contribution is 2.41. The van der Waals surface area contributed by atoms with Crippen molar-refractivity contribution in [2.45, 2.75) is 32.1 Å². The molecule has 16 heavy (non-hydrogen) atoms. The number of nitrogens with two attached hydrogens (primary N) is 1. The van der Waals surface area contributed by atoms with Crippen LogP contribution in [0.5, 0.6) is 0 Å². The van der Waals surface area contributed by atoms with E-state index in [1.165, 1.54) is 0 Å². The molecule has 4 heteroatoms. The number of rotatable bonds is 5. The molecule has 2 N–H and O–H groups in total. The number of ketones is 1. The number of hydrogen-bond donors (Lipinski definition) is 1. The van der Waals surface area contributed by atoms with Crippen LogP contribution in [0.1, 0.15) is 31.4 Å². The quantitative estimate of drug-likeness (QED) is 0.808. The van der Waals surface area contributed by atoms with Crippen molar-refractivity contribution in [2.75, 3.05) is 6.54 Å². The fourth-order valence-corrected chi connectivity index (χ4v) is 2.35. The van der Waals surface area contributed by atoms with Crippen LogP contribution < -0.4 is 5.73 Å². The molecule has 0 unspecified atom stereocenters. The van der Waals surface area contributed by atoms with Gasteiger partial charge in [-0.05, 0) is 25.3 Å². The topological polar surface area (TPSA) is 60.9 Å². The van der Waals surface area contributed by atoms with Gasteiger partial charge in [0.1, 0.15) is 5.78 Å². The lowest BCUT2D eigenvalue weighted by molar-refractivity contribution is -0.132. The van der Waals surface area contributed by atoms with Gasteiger partial charge in [0.05, 0.1) is 0 Å². The standard InChI is InChI=1S/C12H19N3O/c1-15-10(5-8-14-15)3-4-11(16)12(9-13)6-2-7-12/h5,8H,2-4,6-7,9,13H2,1H3. The highest BCUT2D eigenvalue weighted by Gasteiger charge is 2.41. The molecular weight excluding hydrogens is 202 g/mol. The van der Waals surface area contributed by atoms with Crippen molar-refractivity contribution in [1.29, 1.82) is 0 Å². The predicted molar refractivity (Wildman–Crippen MR) is 61.9 cm³/mol. The van der Waals surface area contributed by atoms with Crippen LogP contribution in [-0.4, -0.2) is 22.1 Å². The fraction of sp³-hybridized carbons (Fsp3) is 0.667. The third kappa shape index (κ3) is 1.89. The van der Waals surface area contributed by atoms with Gasteiger partial charge in [-0.3, -0.25) is 9.48 Å². The summed E-state index contributed by atoms with van der Waals surface area (Å²) in [5.41, 5.74) is 6.64. The van der Waals surface area contributed by atoms with Crippen LogP contribution in [0.3, 0.4) is 0 Å². The Morgan fingerprint density at radius 2 is 2.38 bits per heavy atom. The van der Waals surface area contributed by atoms with Gasteiger partial charge in [0.2, 0.25) is 0 Å². The Balaban J connectivity index is 1.91. The highest BCUT2D eigenvalue weighted by atomic mass is 16.1. The lowest BCUT2D eigenvalue weighted by atomic mass is 9.65. The molecule has 0 amide bonds. The lowest BCUT2D eigenvalue weighted by Gasteiger charge is -2.39. The number of carbonyl (C=O) groups excluding carboxylic acids is 1. The van der Waals surface area contributed by atoms with Crippen molar-refractivity contribution in [3.8, 4) is 0 Å². The van der Waals surface area contributed by atoms with Gasteiger partial charge in [-0.25, -0.2) is 0 Å². The molecule has 1 fully saturated rings. The molecule has 0 spiro atoms. The van der Waals surface area contributed by atoms with Crippen LogP contribution in [0, 0.1) is 5.41 Å². The first-order chi connectivity index (χ1) is 7.68. The summed E-state index contributed by atoms with van der Waals surface area (Å²) in [6.45, 7) is 0.511. The lowest BCUT2D eigenvalue weighted by Crippen LogP contribution is -2.44. The summed E-state index contributed by atoms with van der Waals surface area (Å²) < 4.78 is 1.82. The Hall–Kier alpha value is -1.16. The highest BCUT2D eigenvalue weighted by molar-refractivity contribution is 5.86. The van der Waals surface area contributed by atoms with Crippen molar-refractivity contribution in [1.82, 2.24) is 9.78 Å². The van der Waals surface area contributed by atoms with Crippen LogP contribution in [0.4, 0.5) is 0 Å². The van der Waals surface area contributed by atoms with E-state index in [0.29, 0.717) is 18.7 Å². The molecule has 0 bridgehead atoms. The summed E-state index contributed by atoms with van der Waals surface area (Å²) in [4.78, 5) is 12.1. The second kappa shape index (κ2) is 4.37. The zero-order valence-electron chi connectivity index (χ0n) is 9.78. The number of Topliss-reactive ketones (excluding diaryl/α,β-unsaturated/α-hetero) is 1. The van der Waals surface area contributed by atoms with E-state index in [0.717, 1.165) is 31.4 Å². The predicted octanol–water partition coefficient (Wildman–Crippen LogP) is 1.05. The second-order valence-electron chi connectivity index (χ2n) is 4.71. The third-order valence-electron chi connectivity index (χ3n) is 3.82. The molecule has 1 aliphatic carbocycles. The zero-order chi connectivity index (χ0) is 11.6. The van der Waals surface area contributed by atoms with Crippen molar-refractivity contribution < 1.29 is 4.79 Å². The van der Waals surface area contributed by atoms with Crippen LogP contribution in [0.2, 0.25) is 0 Å². The SMILES string of the molecule is Cn1nccc1CCC(=O)C1(CN)CCC1. The Labute approximate surface area is 95.8 Å². The summed E-state index contributed by atoms with van der Waals surface area (Å²) >= 11 is 0. The average Bonchev–Trinajstić information content (AvgIpc) is 2.60. The average molecular weight is 221 g/mol. The molecule has 0 saturated heterocycles. The maximum atomic E-state index is 12.1. The first-order valence-electron chi connectivity index (χ1n) is 5.88. The van der Waals surface area contributed by atoms with Crippen molar-refractivity contribution in [2.24, 2.45) is 18.2 Å². The number of aryl methyl sites for hydroxylation is 2. The monoisotopic (exact) mass is 221 g/mol. The van der Waals surface area contributed by atoms with E-state index in [2.05, 4.69) is 5.10 Å². The zero-order valence-corrected chi connectivity index (χ0v) is 9.78. The van der Waals surface area contributed by atoms with E-state index < -0.39 is 0 Å². The first kappa shape index (κ1) is 11.3. The molecule has 1 aliphatic rings. The van der Waals surface area contributed by atoms with Crippen LogP contribution in [-0.2, 0) is 18.3 Å². The van der Waals surface area contributed by atoms with Gasteiger partial charge < -0.3 is 5.73 Å². The number of carbonyl (C=O) groups is 1. The van der Waals surface area contributed by atoms with Gasteiger partial charge >= 0.3 is 0 Å². The van der Waals surface area contributed by atoms with Gasteiger partial charge in [-0.2, -0.15) is 5.10 Å². The van der Waals surface area contributed by atoms with Gasteiger partial charge in [-0.15, -0.1) is 0 Å². The molecule has 1 aromatic rings. The number of hydrogen-bond acceptors (Lipinski definition) is 3. The van der Waals surface area contributed by atoms with Gasteiger partial charge in [0.25, 0.3) is 0 Å². The summed E-state index contributed by atoms with van der Waals surface area (Å²) in [5, 5.41) is 4.09. The molecule has 1 aromatic heterocycles. The number of aromatic nitrogens is 2. The molecular formula is C12H19N3O. The molecule has 0 aromatic carbocycles. The summed E-state index contributed by atoms with van der Waals surface area (Å²) in [6.07, 6.45) is 6.24. The van der Waals surface area contributed by atoms with E-state index in [1.807, 2.05) is 17.8 Å². The third-order valence-corrected chi connectivity index (χ3v) is 3.82. The van der Waals surface area contributed by atoms with Gasteiger partial charge in [0, 0.05) is 37.3 Å². The summed E-state index contributed by atoms with van der Waals surface area (Å²) in [5.74, 6) is 0.336. The van der Waals surface area contributed by atoms with Gasteiger partial charge in [0.15, 0.2) is 0 Å². The van der Waals surface area contributed by atoms with E-state index in [4.69, 9.17) is 5.73 Å². The molecule has 2 rings (SSSR count). The minimum Gasteiger partial charge on any atom is -0.329 e. The Bertz CT molecular complexity index is 374. The Morgan fingerprint density at radius 1 is 1.62 bits per heavy atom. The van der Waals surface area contributed by atoms with E-state index in [9.17, 15) is 4.79 Å². The largest absolute Gasteiger partial charge is 0.329 e. The van der Waals surface area contributed by atoms with E-state index in [1.54, 1.807) is 6.20 Å². The van der Waals surface area contributed by atoms with Crippen LogP contribution in [0.25, 0.3) is 0 Å². The smallest absolute Gasteiger partial charge is 0.140 e. The van der Waals surface area contributed by atoms with Crippen LogP contribution >= 0.6 is 0 Å². The van der Waals surface area contributed by atoms with Crippen LogP contribution in [0.15, 0.2) is 12.3 Å². The second-order valence-corrected chi connectivity index (χ2v) is 4.71. The minimum atomic E-state index is -0.182. The normalized spacial score (nSPS) is 18.1. The molecule has 4 nitrogen and oxygen atoms in total. The Morgan fingerprint density at radius 3 is 2.81 bits per heavy atom. The summed E-state index contributed by atoms with van der Waals surface area (Å²) in [6, 6.07) is 1.96. The van der Waals surface area contributed by atoms with E-state index in [-0.39, 0.29) is 5.41 Å². The van der Waals surface area contributed by atoms with Gasteiger partial charge in [-0.1, -0.05) is 6.42 Å². The fourth-order valence-electron chi connectivity index (χ4n) is 2.35. The Kier molecular flexibility index (Phi) is 3.10. The van der Waals surface area contributed by atoms with Crippen molar-refractivity contribution >= 4 is 5.78 Å². The van der Waals surface area contributed by atoms with Crippen molar-refractivity contribution in [3.63, 3.8) is 0 Å². The summed E-state index contributed by atoms with van der Waals surface area (Å²) in [7, 11) is 1.90. The molecule has 1 saturated carbocycles. The molecule has 0 radical (unpaired) electrons. The maximum absolute atomic E-state index is 12.1. The molecule has 0 atom stereocenters. The molecule has 88 valence electrons. The first-order valence-corrected chi connectivity index (χ1v) is 5.88. The number of nitrogens with zero attached hydrogens (tertiary/aromatic N) is 2. The minimum absolute atomic E-state index is 0.182. The van der Waals surface area contributed by atoms with E-state index >= 15 is 0 Å².